The SMILES string of the molecule is CCc1nn(C)c2c1nc(C(C)Cl)n2C(C)C. The van der Waals surface area contributed by atoms with Crippen LogP contribution >= 0.6 is 11.6 Å². The van der Waals surface area contributed by atoms with E-state index in [4.69, 9.17) is 11.6 Å². The zero-order chi connectivity index (χ0) is 12.7. The average Bonchev–Trinajstić information content (AvgIpc) is 2.76. The molecule has 2 rings (SSSR count). The third-order valence-electron chi connectivity index (χ3n) is 2.97. The molecule has 0 aliphatic carbocycles. The summed E-state index contributed by atoms with van der Waals surface area (Å²) in [6.07, 6.45) is 0.891. The molecule has 0 saturated carbocycles. The number of fused-ring (bicyclic) bond motifs is 1. The molecular formula is C12H19ClN4. The number of aromatic nitrogens is 4. The van der Waals surface area contributed by atoms with Gasteiger partial charge in [0, 0.05) is 13.1 Å². The molecule has 0 amide bonds. The molecule has 1 atom stereocenters. The van der Waals surface area contributed by atoms with Crippen LogP contribution in [0.2, 0.25) is 0 Å². The van der Waals surface area contributed by atoms with Crippen molar-refractivity contribution in [2.24, 2.45) is 7.05 Å². The Hall–Kier alpha value is -1.03. The second-order valence-electron chi connectivity index (χ2n) is 4.65. The van der Waals surface area contributed by atoms with Crippen molar-refractivity contribution in [1.29, 1.82) is 0 Å². The van der Waals surface area contributed by atoms with Gasteiger partial charge in [-0.1, -0.05) is 6.92 Å². The van der Waals surface area contributed by atoms with Crippen LogP contribution in [-0.2, 0) is 13.5 Å². The molecule has 0 aliphatic heterocycles. The molecule has 0 N–H and O–H groups in total. The molecule has 2 aromatic rings. The normalized spacial score (nSPS) is 13.8. The minimum absolute atomic E-state index is 0.0884. The van der Waals surface area contributed by atoms with Crippen LogP contribution in [0.1, 0.15) is 50.6 Å². The summed E-state index contributed by atoms with van der Waals surface area (Å²) in [5.74, 6) is 0.930. The number of hydrogen-bond acceptors (Lipinski definition) is 2. The Kier molecular flexibility index (Phi) is 3.17. The van der Waals surface area contributed by atoms with E-state index in [1.54, 1.807) is 0 Å². The summed E-state index contributed by atoms with van der Waals surface area (Å²) in [5.41, 5.74) is 3.10. The van der Waals surface area contributed by atoms with Gasteiger partial charge in [0.1, 0.15) is 11.3 Å². The molecule has 0 saturated heterocycles. The second kappa shape index (κ2) is 4.33. The zero-order valence-corrected chi connectivity index (χ0v) is 11.8. The lowest BCUT2D eigenvalue weighted by Gasteiger charge is -2.14. The summed E-state index contributed by atoms with van der Waals surface area (Å²) in [5, 5.41) is 4.41. The second-order valence-corrected chi connectivity index (χ2v) is 5.30. The summed E-state index contributed by atoms with van der Waals surface area (Å²) < 4.78 is 4.09. The van der Waals surface area contributed by atoms with E-state index in [9.17, 15) is 0 Å². The molecule has 0 fully saturated rings. The minimum atomic E-state index is -0.0884. The first-order valence-electron chi connectivity index (χ1n) is 6.05. The standard InChI is InChI=1S/C12H19ClN4/c1-6-9-10-12(16(5)15-9)17(7(2)3)11(14-10)8(4)13/h7-8H,6H2,1-5H3. The third kappa shape index (κ3) is 1.84. The molecule has 1 unspecified atom stereocenters. The first kappa shape index (κ1) is 12.4. The van der Waals surface area contributed by atoms with Crippen molar-refractivity contribution >= 4 is 22.8 Å². The van der Waals surface area contributed by atoms with Crippen molar-refractivity contribution in [3.05, 3.63) is 11.5 Å². The lowest BCUT2D eigenvalue weighted by molar-refractivity contribution is 0.565. The van der Waals surface area contributed by atoms with Gasteiger partial charge in [-0.15, -0.1) is 11.6 Å². The van der Waals surface area contributed by atoms with E-state index in [1.807, 2.05) is 18.7 Å². The van der Waals surface area contributed by atoms with Crippen LogP contribution in [0.15, 0.2) is 0 Å². The van der Waals surface area contributed by atoms with Gasteiger partial charge >= 0.3 is 0 Å². The van der Waals surface area contributed by atoms with Crippen molar-refractivity contribution in [2.75, 3.05) is 0 Å². The minimum Gasteiger partial charge on any atom is -0.309 e. The van der Waals surface area contributed by atoms with Gasteiger partial charge in [0.25, 0.3) is 0 Å². The van der Waals surface area contributed by atoms with E-state index in [1.165, 1.54) is 0 Å². The Bertz CT molecular complexity index is 536. The molecule has 0 aromatic carbocycles. The molecule has 5 heteroatoms. The summed E-state index contributed by atoms with van der Waals surface area (Å²) >= 11 is 6.22. The number of hydrogen-bond donors (Lipinski definition) is 0. The van der Waals surface area contributed by atoms with Gasteiger partial charge in [0.05, 0.1) is 11.1 Å². The quantitative estimate of drug-likeness (QED) is 0.789. The maximum absolute atomic E-state index is 6.22. The van der Waals surface area contributed by atoms with Gasteiger partial charge < -0.3 is 4.57 Å². The van der Waals surface area contributed by atoms with Crippen molar-refractivity contribution in [3.63, 3.8) is 0 Å². The van der Waals surface area contributed by atoms with Crippen LogP contribution in [0.25, 0.3) is 11.2 Å². The molecule has 94 valence electrons. The van der Waals surface area contributed by atoms with Crippen molar-refractivity contribution in [2.45, 2.75) is 45.5 Å². The van der Waals surface area contributed by atoms with Gasteiger partial charge in [-0.25, -0.2) is 4.98 Å². The Balaban J connectivity index is 2.80. The monoisotopic (exact) mass is 254 g/mol. The molecule has 0 radical (unpaired) electrons. The van der Waals surface area contributed by atoms with Crippen molar-refractivity contribution in [3.8, 4) is 0 Å². The Labute approximate surface area is 107 Å². The van der Waals surface area contributed by atoms with Crippen LogP contribution in [0.3, 0.4) is 0 Å². The number of rotatable bonds is 3. The van der Waals surface area contributed by atoms with Gasteiger partial charge in [0.2, 0.25) is 0 Å². The Morgan fingerprint density at radius 3 is 2.41 bits per heavy atom. The number of aryl methyl sites for hydroxylation is 2. The van der Waals surface area contributed by atoms with Gasteiger partial charge in [-0.05, 0) is 27.2 Å². The molecule has 17 heavy (non-hydrogen) atoms. The van der Waals surface area contributed by atoms with Gasteiger partial charge in [0.15, 0.2) is 5.65 Å². The number of imidazole rings is 1. The Morgan fingerprint density at radius 2 is 1.94 bits per heavy atom. The summed E-state index contributed by atoms with van der Waals surface area (Å²) in [6, 6.07) is 0.330. The molecule has 0 aliphatic rings. The van der Waals surface area contributed by atoms with Crippen LogP contribution in [0.5, 0.6) is 0 Å². The highest BCUT2D eigenvalue weighted by atomic mass is 35.5. The van der Waals surface area contributed by atoms with Crippen LogP contribution in [-0.4, -0.2) is 19.3 Å². The van der Waals surface area contributed by atoms with E-state index in [-0.39, 0.29) is 5.38 Å². The van der Waals surface area contributed by atoms with Crippen molar-refractivity contribution < 1.29 is 0 Å². The van der Waals surface area contributed by atoms with E-state index in [2.05, 4.69) is 35.4 Å². The van der Waals surface area contributed by atoms with Crippen LogP contribution < -0.4 is 0 Å². The third-order valence-corrected chi connectivity index (χ3v) is 3.17. The van der Waals surface area contributed by atoms with Gasteiger partial charge in [-0.2, -0.15) is 5.10 Å². The van der Waals surface area contributed by atoms with Gasteiger partial charge in [-0.3, -0.25) is 4.68 Å². The highest BCUT2D eigenvalue weighted by molar-refractivity contribution is 6.20. The largest absolute Gasteiger partial charge is 0.309 e. The summed E-state index contributed by atoms with van der Waals surface area (Å²) in [7, 11) is 1.96. The molecule has 2 aromatic heterocycles. The average molecular weight is 255 g/mol. The van der Waals surface area contributed by atoms with E-state index in [0.717, 1.165) is 29.1 Å². The van der Waals surface area contributed by atoms with Crippen LogP contribution in [0.4, 0.5) is 0 Å². The maximum atomic E-state index is 6.22. The predicted octanol–water partition coefficient (Wildman–Crippen LogP) is 3.21. The topological polar surface area (TPSA) is 35.6 Å². The maximum Gasteiger partial charge on any atom is 0.158 e. The highest BCUT2D eigenvalue weighted by Gasteiger charge is 2.22. The van der Waals surface area contributed by atoms with E-state index >= 15 is 0 Å². The molecular weight excluding hydrogens is 236 g/mol. The van der Waals surface area contributed by atoms with E-state index < -0.39 is 0 Å². The zero-order valence-electron chi connectivity index (χ0n) is 11.0. The summed E-state index contributed by atoms with van der Waals surface area (Å²) in [6.45, 7) is 8.34. The summed E-state index contributed by atoms with van der Waals surface area (Å²) in [4.78, 5) is 4.67. The smallest absolute Gasteiger partial charge is 0.158 e. The lowest BCUT2D eigenvalue weighted by Crippen LogP contribution is -2.10. The van der Waals surface area contributed by atoms with E-state index in [0.29, 0.717) is 6.04 Å². The molecule has 0 bridgehead atoms. The number of alkyl halides is 1. The molecule has 0 spiro atoms. The Morgan fingerprint density at radius 1 is 1.29 bits per heavy atom. The fourth-order valence-corrected chi connectivity index (χ4v) is 2.40. The van der Waals surface area contributed by atoms with Crippen molar-refractivity contribution in [1.82, 2.24) is 19.3 Å². The fraction of sp³-hybridized carbons (Fsp3) is 0.667. The highest BCUT2D eigenvalue weighted by Crippen LogP contribution is 2.29. The molecule has 2 heterocycles. The first-order chi connectivity index (χ1) is 7.97. The number of nitrogens with zero attached hydrogens (tertiary/aromatic N) is 4. The van der Waals surface area contributed by atoms with Crippen LogP contribution in [0, 0.1) is 0 Å². The first-order valence-corrected chi connectivity index (χ1v) is 6.48. The fourth-order valence-electron chi connectivity index (χ4n) is 2.25. The molecule has 4 nitrogen and oxygen atoms in total. The predicted molar refractivity (Wildman–Crippen MR) is 70.5 cm³/mol. The lowest BCUT2D eigenvalue weighted by atomic mass is 10.3. The number of halogens is 1.